The Morgan fingerprint density at radius 1 is 1.37 bits per heavy atom. The van der Waals surface area contributed by atoms with E-state index < -0.39 is 38.2 Å². The Morgan fingerprint density at radius 3 is 2.26 bits per heavy atom. The van der Waals surface area contributed by atoms with E-state index >= 15 is 0 Å². The van der Waals surface area contributed by atoms with E-state index in [1.54, 1.807) is 0 Å². The highest BCUT2D eigenvalue weighted by Crippen LogP contribution is 2.32. The van der Waals surface area contributed by atoms with Crippen LogP contribution in [0.2, 0.25) is 5.15 Å². The standard InChI is InChI=1S/C10H11ClF3NO3S/c1-5(19(2,17)18)8(16)6-3-4-7(10(12,13)14)15-9(6)11/h3-5,8,16H,1-2H3. The molecule has 0 saturated heterocycles. The van der Waals surface area contributed by atoms with Crippen LogP contribution in [-0.2, 0) is 16.0 Å². The third kappa shape index (κ3) is 3.80. The van der Waals surface area contributed by atoms with E-state index in [0.29, 0.717) is 6.07 Å². The molecule has 2 unspecified atom stereocenters. The van der Waals surface area contributed by atoms with Crippen molar-refractivity contribution in [1.29, 1.82) is 0 Å². The Balaban J connectivity index is 3.17. The number of halogens is 4. The van der Waals surface area contributed by atoms with Crippen molar-refractivity contribution < 1.29 is 26.7 Å². The van der Waals surface area contributed by atoms with Crippen molar-refractivity contribution >= 4 is 21.4 Å². The molecule has 0 amide bonds. The maximum Gasteiger partial charge on any atom is 0.433 e. The van der Waals surface area contributed by atoms with Crippen molar-refractivity contribution in [2.45, 2.75) is 24.5 Å². The Kier molecular flexibility index (Phi) is 4.48. The summed E-state index contributed by atoms with van der Waals surface area (Å²) in [7, 11) is -3.56. The Morgan fingerprint density at radius 2 is 1.89 bits per heavy atom. The predicted octanol–water partition coefficient (Wildman–Crippen LogP) is 2.22. The maximum absolute atomic E-state index is 12.4. The summed E-state index contributed by atoms with van der Waals surface area (Å²) >= 11 is 5.56. The predicted molar refractivity (Wildman–Crippen MR) is 63.5 cm³/mol. The number of hydrogen-bond acceptors (Lipinski definition) is 4. The van der Waals surface area contributed by atoms with E-state index in [0.717, 1.165) is 12.3 Å². The molecule has 9 heteroatoms. The number of sulfone groups is 1. The maximum atomic E-state index is 12.4. The van der Waals surface area contributed by atoms with Crippen LogP contribution < -0.4 is 0 Å². The van der Waals surface area contributed by atoms with Crippen molar-refractivity contribution in [2.24, 2.45) is 0 Å². The molecule has 0 aliphatic heterocycles. The first kappa shape index (κ1) is 16.2. The lowest BCUT2D eigenvalue weighted by Crippen LogP contribution is -2.25. The summed E-state index contributed by atoms with van der Waals surface area (Å²) in [6, 6.07) is 1.56. The molecule has 0 aliphatic rings. The molecule has 108 valence electrons. The molecule has 0 aliphatic carbocycles. The zero-order valence-electron chi connectivity index (χ0n) is 9.94. The smallest absolute Gasteiger partial charge is 0.387 e. The van der Waals surface area contributed by atoms with Crippen LogP contribution >= 0.6 is 11.6 Å². The lowest BCUT2D eigenvalue weighted by Gasteiger charge is -2.18. The molecule has 19 heavy (non-hydrogen) atoms. The molecule has 4 nitrogen and oxygen atoms in total. The second-order valence-corrected chi connectivity index (χ2v) is 6.81. The zero-order chi connectivity index (χ0) is 15.0. The highest BCUT2D eigenvalue weighted by Gasteiger charge is 2.34. The van der Waals surface area contributed by atoms with Crippen LogP contribution in [0.25, 0.3) is 0 Å². The second kappa shape index (κ2) is 5.26. The summed E-state index contributed by atoms with van der Waals surface area (Å²) in [4.78, 5) is 3.12. The van der Waals surface area contributed by atoms with Gasteiger partial charge in [0.05, 0.1) is 11.4 Å². The van der Waals surface area contributed by atoms with Crippen molar-refractivity contribution in [3.05, 3.63) is 28.5 Å². The lowest BCUT2D eigenvalue weighted by molar-refractivity contribution is -0.141. The molecule has 0 saturated carbocycles. The van der Waals surface area contributed by atoms with Gasteiger partial charge in [-0.25, -0.2) is 13.4 Å². The summed E-state index contributed by atoms with van der Waals surface area (Å²) in [6.07, 6.45) is -5.29. The van der Waals surface area contributed by atoms with E-state index in [2.05, 4.69) is 4.98 Å². The first-order valence-corrected chi connectivity index (χ1v) is 7.38. The minimum atomic E-state index is -4.66. The molecule has 0 radical (unpaired) electrons. The molecule has 1 aromatic rings. The normalized spacial score (nSPS) is 16.2. The number of aromatic nitrogens is 1. The molecule has 1 heterocycles. The van der Waals surface area contributed by atoms with Gasteiger partial charge in [-0.3, -0.25) is 0 Å². The highest BCUT2D eigenvalue weighted by molar-refractivity contribution is 7.91. The van der Waals surface area contributed by atoms with Gasteiger partial charge in [0.2, 0.25) is 0 Å². The summed E-state index contributed by atoms with van der Waals surface area (Å²) in [6.45, 7) is 1.23. The quantitative estimate of drug-likeness (QED) is 0.868. The fourth-order valence-corrected chi connectivity index (χ4v) is 2.19. The van der Waals surface area contributed by atoms with Gasteiger partial charge in [-0.1, -0.05) is 17.7 Å². The first-order valence-electron chi connectivity index (χ1n) is 5.05. The molecule has 0 spiro atoms. The SMILES string of the molecule is CC(C(O)c1ccc(C(F)(F)F)nc1Cl)S(C)(=O)=O. The third-order valence-electron chi connectivity index (χ3n) is 2.61. The van der Waals surface area contributed by atoms with Gasteiger partial charge in [0.1, 0.15) is 10.8 Å². The topological polar surface area (TPSA) is 67.3 Å². The molecular formula is C10H11ClF3NO3S. The first-order chi connectivity index (χ1) is 8.44. The van der Waals surface area contributed by atoms with Gasteiger partial charge in [-0.05, 0) is 13.0 Å². The Labute approximate surface area is 113 Å². The largest absolute Gasteiger partial charge is 0.433 e. The Bertz CT molecular complexity index is 574. The molecule has 1 N–H and O–H groups in total. The number of nitrogens with zero attached hydrogens (tertiary/aromatic N) is 1. The van der Waals surface area contributed by atoms with Gasteiger partial charge in [0, 0.05) is 11.8 Å². The molecule has 0 fully saturated rings. The van der Waals surface area contributed by atoms with Crippen LogP contribution in [0.4, 0.5) is 13.2 Å². The number of hydrogen-bond donors (Lipinski definition) is 1. The van der Waals surface area contributed by atoms with Gasteiger partial charge >= 0.3 is 6.18 Å². The second-order valence-electron chi connectivity index (χ2n) is 4.05. The van der Waals surface area contributed by atoms with Gasteiger partial charge in [-0.15, -0.1) is 0 Å². The van der Waals surface area contributed by atoms with E-state index in [-0.39, 0.29) is 5.56 Å². The number of aliphatic hydroxyl groups excluding tert-OH is 1. The fourth-order valence-electron chi connectivity index (χ4n) is 1.31. The zero-order valence-corrected chi connectivity index (χ0v) is 11.5. The van der Waals surface area contributed by atoms with Crippen LogP contribution in [-0.4, -0.2) is 30.0 Å². The van der Waals surface area contributed by atoms with E-state index in [4.69, 9.17) is 11.6 Å². The number of rotatable bonds is 3. The van der Waals surface area contributed by atoms with Crippen LogP contribution in [0.5, 0.6) is 0 Å². The summed E-state index contributed by atoms with van der Waals surface area (Å²) < 4.78 is 59.7. The minimum Gasteiger partial charge on any atom is -0.387 e. The van der Waals surface area contributed by atoms with E-state index in [9.17, 15) is 26.7 Å². The van der Waals surface area contributed by atoms with Gasteiger partial charge in [0.15, 0.2) is 9.84 Å². The molecular weight excluding hydrogens is 307 g/mol. The van der Waals surface area contributed by atoms with Crippen LogP contribution in [0.15, 0.2) is 12.1 Å². The summed E-state index contributed by atoms with van der Waals surface area (Å²) in [5.74, 6) is 0. The lowest BCUT2D eigenvalue weighted by atomic mass is 10.1. The van der Waals surface area contributed by atoms with Crippen molar-refractivity contribution in [3.8, 4) is 0 Å². The summed E-state index contributed by atoms with van der Waals surface area (Å²) in [5, 5.41) is 8.04. The molecule has 1 rings (SSSR count). The monoisotopic (exact) mass is 317 g/mol. The van der Waals surface area contributed by atoms with Crippen LogP contribution in [0, 0.1) is 0 Å². The van der Waals surface area contributed by atoms with Crippen molar-refractivity contribution in [1.82, 2.24) is 4.98 Å². The number of alkyl halides is 3. The molecule has 0 bridgehead atoms. The van der Waals surface area contributed by atoms with Crippen molar-refractivity contribution in [2.75, 3.05) is 6.26 Å². The van der Waals surface area contributed by atoms with E-state index in [1.165, 1.54) is 6.92 Å². The Hall–Kier alpha value is -0.860. The third-order valence-corrected chi connectivity index (χ3v) is 4.52. The van der Waals surface area contributed by atoms with Gasteiger partial charge in [0.25, 0.3) is 0 Å². The number of pyridine rings is 1. The average molecular weight is 318 g/mol. The molecule has 0 aromatic carbocycles. The van der Waals surface area contributed by atoms with Crippen LogP contribution in [0.1, 0.15) is 24.3 Å². The molecule has 1 aromatic heterocycles. The molecule has 2 atom stereocenters. The summed E-state index contributed by atoms with van der Waals surface area (Å²) in [5.41, 5.74) is -1.37. The van der Waals surface area contributed by atoms with Gasteiger partial charge in [-0.2, -0.15) is 13.2 Å². The van der Waals surface area contributed by atoms with Crippen molar-refractivity contribution in [3.63, 3.8) is 0 Å². The van der Waals surface area contributed by atoms with Crippen LogP contribution in [0.3, 0.4) is 0 Å². The average Bonchev–Trinajstić information content (AvgIpc) is 2.24. The fraction of sp³-hybridized carbons (Fsp3) is 0.500. The van der Waals surface area contributed by atoms with Gasteiger partial charge < -0.3 is 5.11 Å². The van der Waals surface area contributed by atoms with E-state index in [1.807, 2.05) is 0 Å². The number of aliphatic hydroxyl groups is 1. The highest BCUT2D eigenvalue weighted by atomic mass is 35.5. The minimum absolute atomic E-state index is 0.160.